The number of hydrogen-bond donors (Lipinski definition) is 0. The number of hydrogen-bond acceptors (Lipinski definition) is 2. The second-order valence-electron chi connectivity index (χ2n) is 3.16. The minimum absolute atomic E-state index is 0.118. The highest BCUT2D eigenvalue weighted by Gasteiger charge is 2.10. The predicted octanol–water partition coefficient (Wildman–Crippen LogP) is 2.53. The van der Waals surface area contributed by atoms with Crippen LogP contribution in [0.3, 0.4) is 0 Å². The molecule has 15 heavy (non-hydrogen) atoms. The van der Waals surface area contributed by atoms with Gasteiger partial charge >= 0.3 is 0 Å². The molecule has 0 unspecified atom stereocenters. The highest BCUT2D eigenvalue weighted by Crippen LogP contribution is 2.12. The molecule has 1 heterocycles. The Morgan fingerprint density at radius 2 is 2.27 bits per heavy atom. The van der Waals surface area contributed by atoms with E-state index in [9.17, 15) is 4.79 Å². The van der Waals surface area contributed by atoms with Crippen molar-refractivity contribution in [1.29, 1.82) is 0 Å². The number of rotatable bonds is 1. The number of imidazole rings is 1. The Morgan fingerprint density at radius 1 is 1.47 bits per heavy atom. The van der Waals surface area contributed by atoms with Gasteiger partial charge < -0.3 is 0 Å². The van der Waals surface area contributed by atoms with E-state index in [1.54, 1.807) is 43.6 Å². The molecule has 0 radical (unpaired) electrons. The van der Waals surface area contributed by atoms with Crippen molar-refractivity contribution in [3.63, 3.8) is 0 Å². The summed E-state index contributed by atoms with van der Waals surface area (Å²) in [6.07, 6.45) is 3.23. The standard InChI is InChI=1S/C11H9ClN2O/c1-8-13-5-6-14(8)11(15)9-3-2-4-10(12)7-9/h2-7H,1H3. The quantitative estimate of drug-likeness (QED) is 0.740. The maximum atomic E-state index is 11.9. The first kappa shape index (κ1) is 9.93. The van der Waals surface area contributed by atoms with Crippen LogP contribution in [0.1, 0.15) is 16.2 Å². The van der Waals surface area contributed by atoms with Gasteiger partial charge in [0.1, 0.15) is 5.82 Å². The average Bonchev–Trinajstić information content (AvgIpc) is 2.63. The van der Waals surface area contributed by atoms with Crippen molar-refractivity contribution >= 4 is 17.5 Å². The van der Waals surface area contributed by atoms with Crippen molar-refractivity contribution in [3.05, 3.63) is 53.1 Å². The van der Waals surface area contributed by atoms with Gasteiger partial charge in [-0.1, -0.05) is 17.7 Å². The van der Waals surface area contributed by atoms with Crippen LogP contribution in [-0.2, 0) is 0 Å². The molecule has 0 atom stereocenters. The van der Waals surface area contributed by atoms with Crippen LogP contribution in [0.4, 0.5) is 0 Å². The first-order chi connectivity index (χ1) is 7.18. The first-order valence-electron chi connectivity index (χ1n) is 4.49. The summed E-state index contributed by atoms with van der Waals surface area (Å²) in [5.74, 6) is 0.549. The fourth-order valence-corrected chi connectivity index (χ4v) is 1.54. The van der Waals surface area contributed by atoms with Gasteiger partial charge in [-0.15, -0.1) is 0 Å². The number of aromatic nitrogens is 2. The van der Waals surface area contributed by atoms with Crippen LogP contribution >= 0.6 is 11.6 Å². The van der Waals surface area contributed by atoms with E-state index in [0.29, 0.717) is 16.4 Å². The number of carbonyl (C=O) groups excluding carboxylic acids is 1. The minimum atomic E-state index is -0.118. The summed E-state index contributed by atoms with van der Waals surface area (Å²) in [7, 11) is 0. The fourth-order valence-electron chi connectivity index (χ4n) is 1.35. The maximum absolute atomic E-state index is 11.9. The Balaban J connectivity index is 2.41. The molecule has 1 aromatic heterocycles. The molecule has 1 aromatic carbocycles. The smallest absolute Gasteiger partial charge is 0.263 e. The van der Waals surface area contributed by atoms with E-state index in [4.69, 9.17) is 11.6 Å². The number of aryl methyl sites for hydroxylation is 1. The van der Waals surface area contributed by atoms with Crippen LogP contribution in [0.2, 0.25) is 5.02 Å². The van der Waals surface area contributed by atoms with E-state index in [1.807, 2.05) is 0 Å². The summed E-state index contributed by atoms with van der Waals surface area (Å²) in [6.45, 7) is 1.78. The lowest BCUT2D eigenvalue weighted by atomic mass is 10.2. The van der Waals surface area contributed by atoms with Crippen molar-refractivity contribution in [2.45, 2.75) is 6.92 Å². The lowest BCUT2D eigenvalue weighted by Gasteiger charge is -2.03. The van der Waals surface area contributed by atoms with Crippen LogP contribution in [0.5, 0.6) is 0 Å². The van der Waals surface area contributed by atoms with Crippen LogP contribution in [0.15, 0.2) is 36.7 Å². The third kappa shape index (κ3) is 1.92. The number of carbonyl (C=O) groups is 1. The van der Waals surface area contributed by atoms with Crippen molar-refractivity contribution in [1.82, 2.24) is 9.55 Å². The molecule has 0 spiro atoms. The lowest BCUT2D eigenvalue weighted by Crippen LogP contribution is -2.12. The molecular weight excluding hydrogens is 212 g/mol. The molecule has 76 valence electrons. The van der Waals surface area contributed by atoms with Gasteiger partial charge in [0.2, 0.25) is 0 Å². The number of halogens is 1. The molecule has 2 rings (SSSR count). The zero-order chi connectivity index (χ0) is 10.8. The van der Waals surface area contributed by atoms with E-state index >= 15 is 0 Å². The molecule has 3 nitrogen and oxygen atoms in total. The SMILES string of the molecule is Cc1nccn1C(=O)c1cccc(Cl)c1. The van der Waals surface area contributed by atoms with Crippen molar-refractivity contribution < 1.29 is 4.79 Å². The maximum Gasteiger partial charge on any atom is 0.263 e. The van der Waals surface area contributed by atoms with Gasteiger partial charge in [0.15, 0.2) is 0 Å². The third-order valence-corrected chi connectivity index (χ3v) is 2.35. The Hall–Kier alpha value is -1.61. The topological polar surface area (TPSA) is 34.9 Å². The lowest BCUT2D eigenvalue weighted by molar-refractivity contribution is 0.0957. The summed E-state index contributed by atoms with van der Waals surface area (Å²) in [6, 6.07) is 6.86. The molecule has 0 N–H and O–H groups in total. The van der Waals surface area contributed by atoms with E-state index < -0.39 is 0 Å². The molecule has 0 saturated heterocycles. The molecule has 0 amide bonds. The first-order valence-corrected chi connectivity index (χ1v) is 4.86. The van der Waals surface area contributed by atoms with E-state index in [2.05, 4.69) is 4.98 Å². The van der Waals surface area contributed by atoms with E-state index in [1.165, 1.54) is 4.57 Å². The van der Waals surface area contributed by atoms with Crippen LogP contribution in [0.25, 0.3) is 0 Å². The Bertz CT molecular complexity index is 505. The molecule has 0 fully saturated rings. The number of benzene rings is 1. The molecule has 0 saturated carbocycles. The van der Waals surface area contributed by atoms with Gasteiger partial charge in [0.05, 0.1) is 0 Å². The highest BCUT2D eigenvalue weighted by molar-refractivity contribution is 6.31. The largest absolute Gasteiger partial charge is 0.270 e. The molecule has 0 aliphatic heterocycles. The second kappa shape index (κ2) is 3.87. The van der Waals surface area contributed by atoms with Crippen molar-refractivity contribution in [2.24, 2.45) is 0 Å². The molecular formula is C11H9ClN2O. The van der Waals surface area contributed by atoms with Crippen molar-refractivity contribution in [3.8, 4) is 0 Å². The Morgan fingerprint density at radius 3 is 2.87 bits per heavy atom. The summed E-state index contributed by atoms with van der Waals surface area (Å²) in [5.41, 5.74) is 0.559. The molecule has 0 aliphatic rings. The summed E-state index contributed by atoms with van der Waals surface area (Å²) in [4.78, 5) is 15.9. The Labute approximate surface area is 92.3 Å². The van der Waals surface area contributed by atoms with E-state index in [-0.39, 0.29) is 5.91 Å². The second-order valence-corrected chi connectivity index (χ2v) is 3.60. The van der Waals surface area contributed by atoms with Gasteiger partial charge in [-0.2, -0.15) is 0 Å². The number of nitrogens with zero attached hydrogens (tertiary/aromatic N) is 2. The summed E-state index contributed by atoms with van der Waals surface area (Å²) < 4.78 is 1.49. The normalized spacial score (nSPS) is 10.3. The average molecular weight is 221 g/mol. The predicted molar refractivity (Wildman–Crippen MR) is 58.1 cm³/mol. The summed E-state index contributed by atoms with van der Waals surface area (Å²) >= 11 is 5.81. The zero-order valence-electron chi connectivity index (χ0n) is 8.14. The van der Waals surface area contributed by atoms with Gasteiger partial charge in [-0.05, 0) is 25.1 Å². The van der Waals surface area contributed by atoms with Crippen LogP contribution in [0, 0.1) is 6.92 Å². The zero-order valence-corrected chi connectivity index (χ0v) is 8.90. The van der Waals surface area contributed by atoms with E-state index in [0.717, 1.165) is 0 Å². The summed E-state index contributed by atoms with van der Waals surface area (Å²) in [5, 5.41) is 0.554. The molecule has 0 bridgehead atoms. The molecule has 4 heteroatoms. The van der Waals surface area contributed by atoms with Gasteiger partial charge in [0.25, 0.3) is 5.91 Å². The third-order valence-electron chi connectivity index (χ3n) is 2.12. The Kier molecular flexibility index (Phi) is 2.56. The highest BCUT2D eigenvalue weighted by atomic mass is 35.5. The van der Waals surface area contributed by atoms with Gasteiger partial charge in [0, 0.05) is 23.0 Å². The minimum Gasteiger partial charge on any atom is -0.270 e. The van der Waals surface area contributed by atoms with Crippen molar-refractivity contribution in [2.75, 3.05) is 0 Å². The van der Waals surface area contributed by atoms with Gasteiger partial charge in [-0.25, -0.2) is 4.98 Å². The fraction of sp³-hybridized carbons (Fsp3) is 0.0909. The van der Waals surface area contributed by atoms with Crippen LogP contribution < -0.4 is 0 Å². The monoisotopic (exact) mass is 220 g/mol. The van der Waals surface area contributed by atoms with Crippen LogP contribution in [-0.4, -0.2) is 15.5 Å². The molecule has 2 aromatic rings. The van der Waals surface area contributed by atoms with Gasteiger partial charge in [-0.3, -0.25) is 9.36 Å². The molecule has 0 aliphatic carbocycles.